The molecule has 8 N–H and O–H groups in total. The summed E-state index contributed by atoms with van der Waals surface area (Å²) in [4.78, 5) is 0. The molecule has 2 aromatic carbocycles. The van der Waals surface area contributed by atoms with E-state index in [-0.39, 0.29) is 10.2 Å². The first-order valence-corrected chi connectivity index (χ1v) is 17.3. The standard InChI is InChI=1S/C12H24O6.2C6Br2F4.2CH4N2S/c1-2-14-5-6-16-9-10-18-12-11-17-8-7-15-4-3-13-1;2*7-1-3(9)5(11)2(8)6(12)4(1)10;2*2-1(3)4/h1-12H2;;;2*(H4,2,3,4). The zero-order chi connectivity index (χ0) is 38.8. The van der Waals surface area contributed by atoms with Gasteiger partial charge in [-0.15, -0.1) is 0 Å². The zero-order valence-electron chi connectivity index (χ0n) is 25.6. The second-order valence-electron chi connectivity index (χ2n) is 8.25. The molecule has 24 heteroatoms. The van der Waals surface area contributed by atoms with E-state index in [4.69, 9.17) is 28.4 Å². The molecule has 288 valence electrons. The van der Waals surface area contributed by atoms with Crippen molar-refractivity contribution in [3.05, 3.63) is 64.4 Å². The summed E-state index contributed by atoms with van der Waals surface area (Å²) in [6.07, 6.45) is 0. The van der Waals surface area contributed by atoms with Crippen LogP contribution < -0.4 is 22.9 Å². The Morgan fingerprint density at radius 3 is 0.500 bits per heavy atom. The molecular weight excluding hydrogens is 1000 g/mol. The first kappa shape index (κ1) is 51.0. The minimum Gasteiger partial charge on any atom is -0.377 e. The molecule has 1 fully saturated rings. The van der Waals surface area contributed by atoms with Crippen molar-refractivity contribution in [2.24, 2.45) is 22.9 Å². The van der Waals surface area contributed by atoms with Crippen LogP contribution in [0.4, 0.5) is 35.1 Å². The topological polar surface area (TPSA) is 159 Å². The van der Waals surface area contributed by atoms with Gasteiger partial charge in [0, 0.05) is 0 Å². The van der Waals surface area contributed by atoms with Gasteiger partial charge >= 0.3 is 0 Å². The van der Waals surface area contributed by atoms with E-state index < -0.39 is 64.4 Å². The van der Waals surface area contributed by atoms with Gasteiger partial charge in [0.05, 0.1) is 97.2 Å². The van der Waals surface area contributed by atoms with Crippen molar-refractivity contribution < 1.29 is 63.5 Å². The first-order valence-electron chi connectivity index (χ1n) is 13.3. The normalized spacial score (nSPS) is 14.6. The number of thiocarbonyl (C=S) groups is 2. The van der Waals surface area contributed by atoms with Crippen LogP contribution >= 0.6 is 88.2 Å². The molecule has 1 heterocycles. The van der Waals surface area contributed by atoms with Crippen molar-refractivity contribution in [1.29, 1.82) is 0 Å². The Hall–Kier alpha value is -1.06. The fourth-order valence-electron chi connectivity index (χ4n) is 2.48. The Balaban J connectivity index is 0. The summed E-state index contributed by atoms with van der Waals surface area (Å²) in [5.41, 5.74) is 18.5. The fraction of sp³-hybridized carbons (Fsp3) is 0.462. The molecule has 10 nitrogen and oxygen atoms in total. The average molecular weight is 1030 g/mol. The molecule has 0 unspecified atom stereocenters. The van der Waals surface area contributed by atoms with Gasteiger partial charge in [-0.05, 0) is 88.2 Å². The van der Waals surface area contributed by atoms with Crippen LogP contribution in [0.2, 0.25) is 0 Å². The molecule has 1 saturated heterocycles. The molecule has 2 aromatic rings. The van der Waals surface area contributed by atoms with Crippen molar-refractivity contribution >= 4 is 98.4 Å². The van der Waals surface area contributed by atoms with Gasteiger partial charge in [-0.3, -0.25) is 0 Å². The highest BCUT2D eigenvalue weighted by atomic mass is 79.9. The van der Waals surface area contributed by atoms with Gasteiger partial charge in [0.25, 0.3) is 0 Å². The lowest BCUT2D eigenvalue weighted by molar-refractivity contribution is -0.0334. The van der Waals surface area contributed by atoms with Gasteiger partial charge in [0.1, 0.15) is 0 Å². The van der Waals surface area contributed by atoms with E-state index in [9.17, 15) is 35.1 Å². The van der Waals surface area contributed by atoms with E-state index in [0.717, 1.165) is 0 Å². The summed E-state index contributed by atoms with van der Waals surface area (Å²) in [6, 6.07) is 0. The molecule has 0 aliphatic carbocycles. The Labute approximate surface area is 326 Å². The highest BCUT2D eigenvalue weighted by Crippen LogP contribution is 2.32. The monoisotopic (exact) mass is 1030 g/mol. The molecule has 0 atom stereocenters. The van der Waals surface area contributed by atoms with E-state index in [1.807, 2.05) is 0 Å². The van der Waals surface area contributed by atoms with E-state index in [1.165, 1.54) is 0 Å². The van der Waals surface area contributed by atoms with Gasteiger partial charge in [0.15, 0.2) is 56.8 Å². The lowest BCUT2D eigenvalue weighted by Crippen LogP contribution is -2.18. The summed E-state index contributed by atoms with van der Waals surface area (Å²) in [6.45, 7) is 7.04. The van der Waals surface area contributed by atoms with Crippen molar-refractivity contribution in [2.75, 3.05) is 79.3 Å². The van der Waals surface area contributed by atoms with Gasteiger partial charge in [-0.25, -0.2) is 35.1 Å². The lowest BCUT2D eigenvalue weighted by Gasteiger charge is -2.09. The van der Waals surface area contributed by atoms with Crippen LogP contribution in [0.25, 0.3) is 0 Å². The SMILES string of the molecule is C1COCCOCCOCCOCCOCCO1.Fc1c(F)c(Br)c(F)c(F)c1Br.Fc1c(F)c(Br)c(F)c(F)c1Br.NC(N)=S.NC(N)=S. The Morgan fingerprint density at radius 2 is 0.420 bits per heavy atom. The molecule has 0 spiro atoms. The van der Waals surface area contributed by atoms with E-state index >= 15 is 0 Å². The van der Waals surface area contributed by atoms with Gasteiger partial charge in [0.2, 0.25) is 0 Å². The third-order valence-electron chi connectivity index (χ3n) is 4.54. The Bertz CT molecular complexity index is 964. The van der Waals surface area contributed by atoms with Crippen molar-refractivity contribution in [2.45, 2.75) is 0 Å². The van der Waals surface area contributed by atoms with Crippen molar-refractivity contribution in [1.82, 2.24) is 0 Å². The minimum absolute atomic E-state index is 0.000000000000000222. The number of nitrogens with two attached hydrogens (primary N) is 4. The summed E-state index contributed by atoms with van der Waals surface area (Å²) >= 11 is 17.6. The fourth-order valence-corrected chi connectivity index (χ4v) is 3.87. The quantitative estimate of drug-likeness (QED) is 0.106. The first-order chi connectivity index (χ1) is 23.4. The molecule has 0 bridgehead atoms. The molecule has 0 radical (unpaired) electrons. The number of benzene rings is 2. The number of ether oxygens (including phenoxy) is 6. The van der Waals surface area contributed by atoms with Gasteiger partial charge in [-0.2, -0.15) is 0 Å². The number of rotatable bonds is 0. The zero-order valence-corrected chi connectivity index (χ0v) is 33.6. The molecule has 3 rings (SSSR count). The summed E-state index contributed by atoms with van der Waals surface area (Å²) < 4.78 is 129. The highest BCUT2D eigenvalue weighted by molar-refractivity contribution is 9.11. The smallest absolute Gasteiger partial charge is 0.177 e. The van der Waals surface area contributed by atoms with E-state index in [1.54, 1.807) is 0 Å². The predicted molar refractivity (Wildman–Crippen MR) is 190 cm³/mol. The molecule has 50 heavy (non-hydrogen) atoms. The maximum atomic E-state index is 12.6. The van der Waals surface area contributed by atoms with Crippen LogP contribution in [0.3, 0.4) is 0 Å². The number of hydrogen-bond acceptors (Lipinski definition) is 8. The van der Waals surface area contributed by atoms with Crippen LogP contribution in [0.1, 0.15) is 0 Å². The largest absolute Gasteiger partial charge is 0.377 e. The minimum atomic E-state index is -1.46. The maximum absolute atomic E-state index is 12.6. The molecule has 1 aliphatic heterocycles. The average Bonchev–Trinajstić information content (AvgIpc) is 3.06. The van der Waals surface area contributed by atoms with E-state index in [0.29, 0.717) is 79.3 Å². The van der Waals surface area contributed by atoms with Crippen LogP contribution in [0, 0.1) is 46.5 Å². The maximum Gasteiger partial charge on any atom is 0.177 e. The number of halogens is 12. The van der Waals surface area contributed by atoms with Crippen LogP contribution in [-0.2, 0) is 28.4 Å². The second-order valence-corrected chi connectivity index (χ2v) is 12.4. The third-order valence-corrected chi connectivity index (χ3v) is 7.33. The third kappa shape index (κ3) is 23.5. The van der Waals surface area contributed by atoms with Crippen LogP contribution in [0.15, 0.2) is 17.9 Å². The molecular formula is C26H32Br4F8N4O6S2. The molecule has 0 aromatic heterocycles. The van der Waals surface area contributed by atoms with Crippen molar-refractivity contribution in [3.63, 3.8) is 0 Å². The lowest BCUT2D eigenvalue weighted by atomic mass is 10.3. The summed E-state index contributed by atoms with van der Waals surface area (Å²) in [7, 11) is 0. The second kappa shape index (κ2) is 30.4. The summed E-state index contributed by atoms with van der Waals surface area (Å²) in [5.74, 6) is -11.7. The van der Waals surface area contributed by atoms with Crippen molar-refractivity contribution in [3.8, 4) is 0 Å². The van der Waals surface area contributed by atoms with Gasteiger partial charge < -0.3 is 51.4 Å². The molecule has 1 aliphatic rings. The van der Waals surface area contributed by atoms with Crippen LogP contribution in [0.5, 0.6) is 0 Å². The summed E-state index contributed by atoms with van der Waals surface area (Å²) in [5, 5.41) is 0.000000000000000444. The Kier molecular flexibility index (Phi) is 31.0. The Morgan fingerprint density at radius 1 is 0.340 bits per heavy atom. The molecule has 0 saturated carbocycles. The van der Waals surface area contributed by atoms with Gasteiger partial charge in [-0.1, -0.05) is 0 Å². The highest BCUT2D eigenvalue weighted by Gasteiger charge is 2.23. The number of hydrogen-bond donors (Lipinski definition) is 4. The molecule has 0 amide bonds. The van der Waals surface area contributed by atoms with Crippen LogP contribution in [-0.4, -0.2) is 89.5 Å². The van der Waals surface area contributed by atoms with E-state index in [2.05, 4.69) is 111 Å². The predicted octanol–water partition coefficient (Wildman–Crippen LogP) is 6.01.